The minimum absolute atomic E-state index is 0.0346. The van der Waals surface area contributed by atoms with Gasteiger partial charge < -0.3 is 15.4 Å². The summed E-state index contributed by atoms with van der Waals surface area (Å²) in [6.07, 6.45) is -0.304. The van der Waals surface area contributed by atoms with Gasteiger partial charge in [0.25, 0.3) is 0 Å². The molecule has 0 aromatic heterocycles. The summed E-state index contributed by atoms with van der Waals surface area (Å²) in [5.41, 5.74) is 5.11. The fourth-order valence-corrected chi connectivity index (χ4v) is 1.19. The minimum Gasteiger partial charge on any atom is -0.444 e. The van der Waals surface area contributed by atoms with Gasteiger partial charge in [0.1, 0.15) is 5.60 Å². The lowest BCUT2D eigenvalue weighted by atomic mass is 9.85. The van der Waals surface area contributed by atoms with Crippen LogP contribution in [0, 0.1) is 5.41 Å². The first kappa shape index (κ1) is 15.2. The van der Waals surface area contributed by atoms with Crippen molar-refractivity contribution in [2.75, 3.05) is 13.6 Å². The van der Waals surface area contributed by atoms with Gasteiger partial charge in [-0.15, -0.1) is 0 Å². The fourth-order valence-electron chi connectivity index (χ4n) is 1.19. The van der Waals surface area contributed by atoms with E-state index >= 15 is 0 Å². The monoisotopic (exact) mass is 230 g/mol. The van der Waals surface area contributed by atoms with E-state index < -0.39 is 5.60 Å². The topological polar surface area (TPSA) is 55.6 Å². The maximum atomic E-state index is 11.8. The number of rotatable bonds is 3. The highest BCUT2D eigenvalue weighted by atomic mass is 16.6. The van der Waals surface area contributed by atoms with E-state index in [2.05, 4.69) is 0 Å². The normalized spacial score (nSPS) is 14.5. The number of carbonyl (C=O) groups excluding carboxylic acids is 1. The van der Waals surface area contributed by atoms with Crippen molar-refractivity contribution in [1.29, 1.82) is 0 Å². The molecule has 0 aromatic rings. The molecular weight excluding hydrogens is 204 g/mol. The summed E-state index contributed by atoms with van der Waals surface area (Å²) in [7, 11) is 1.75. The molecule has 1 atom stereocenters. The molecule has 0 aliphatic rings. The second-order valence-corrected chi connectivity index (χ2v) is 5.96. The Labute approximate surface area is 99.1 Å². The number of hydrogen-bond donors (Lipinski definition) is 1. The van der Waals surface area contributed by atoms with Crippen LogP contribution in [0.25, 0.3) is 0 Å². The highest BCUT2D eigenvalue weighted by Gasteiger charge is 2.32. The van der Waals surface area contributed by atoms with E-state index in [-0.39, 0.29) is 17.6 Å². The fraction of sp³-hybridized carbons (Fsp3) is 0.917. The summed E-state index contributed by atoms with van der Waals surface area (Å²) in [5, 5.41) is 0. The van der Waals surface area contributed by atoms with Gasteiger partial charge >= 0.3 is 6.09 Å². The van der Waals surface area contributed by atoms with Crippen LogP contribution >= 0.6 is 0 Å². The summed E-state index contributed by atoms with van der Waals surface area (Å²) >= 11 is 0. The largest absolute Gasteiger partial charge is 0.444 e. The van der Waals surface area contributed by atoms with Crippen LogP contribution in [0.1, 0.15) is 41.5 Å². The molecule has 0 bridgehead atoms. The molecule has 0 heterocycles. The SMILES string of the molecule is CC(N(C)C(=O)OC(C)(C)C)C(C)(C)CN. The van der Waals surface area contributed by atoms with Crippen LogP contribution in [0.2, 0.25) is 0 Å². The quantitative estimate of drug-likeness (QED) is 0.809. The van der Waals surface area contributed by atoms with Crippen LogP contribution in [0.15, 0.2) is 0 Å². The lowest BCUT2D eigenvalue weighted by Crippen LogP contribution is -2.48. The number of nitrogens with zero attached hydrogens (tertiary/aromatic N) is 1. The zero-order chi connectivity index (χ0) is 13.1. The molecule has 16 heavy (non-hydrogen) atoms. The van der Waals surface area contributed by atoms with E-state index in [0.29, 0.717) is 6.54 Å². The number of nitrogens with two attached hydrogens (primary N) is 1. The zero-order valence-corrected chi connectivity index (χ0v) is 11.6. The smallest absolute Gasteiger partial charge is 0.410 e. The third-order valence-electron chi connectivity index (χ3n) is 2.92. The van der Waals surface area contributed by atoms with Gasteiger partial charge in [0.15, 0.2) is 0 Å². The Morgan fingerprint density at radius 2 is 1.75 bits per heavy atom. The number of hydrogen-bond acceptors (Lipinski definition) is 3. The Balaban J connectivity index is 4.56. The molecule has 0 aliphatic heterocycles. The number of carbonyl (C=O) groups is 1. The third-order valence-corrected chi connectivity index (χ3v) is 2.92. The van der Waals surface area contributed by atoms with Crippen LogP contribution < -0.4 is 5.73 Å². The van der Waals surface area contributed by atoms with Gasteiger partial charge in [0.05, 0.1) is 0 Å². The molecule has 4 heteroatoms. The number of amides is 1. The van der Waals surface area contributed by atoms with E-state index in [4.69, 9.17) is 10.5 Å². The molecule has 0 fully saturated rings. The second-order valence-electron chi connectivity index (χ2n) is 5.96. The van der Waals surface area contributed by atoms with Crippen molar-refractivity contribution in [1.82, 2.24) is 4.90 Å². The first-order valence-electron chi connectivity index (χ1n) is 5.67. The van der Waals surface area contributed by atoms with E-state index in [1.165, 1.54) is 0 Å². The molecular formula is C12H26N2O2. The van der Waals surface area contributed by atoms with E-state index in [1.54, 1.807) is 11.9 Å². The Hall–Kier alpha value is -0.770. The molecule has 2 N–H and O–H groups in total. The molecule has 0 spiro atoms. The van der Waals surface area contributed by atoms with Gasteiger partial charge in [0, 0.05) is 13.1 Å². The van der Waals surface area contributed by atoms with Crippen LogP contribution in [-0.2, 0) is 4.74 Å². The summed E-state index contributed by atoms with van der Waals surface area (Å²) in [6.45, 7) is 12.2. The van der Waals surface area contributed by atoms with Gasteiger partial charge in [-0.3, -0.25) is 0 Å². The molecule has 0 aromatic carbocycles. The molecule has 0 aliphatic carbocycles. The van der Waals surface area contributed by atoms with Gasteiger partial charge in [-0.1, -0.05) is 13.8 Å². The highest BCUT2D eigenvalue weighted by molar-refractivity contribution is 5.68. The number of ether oxygens (including phenoxy) is 1. The zero-order valence-electron chi connectivity index (χ0n) is 11.6. The Bertz CT molecular complexity index is 244. The highest BCUT2D eigenvalue weighted by Crippen LogP contribution is 2.24. The first-order valence-corrected chi connectivity index (χ1v) is 5.67. The summed E-state index contributed by atoms with van der Waals surface area (Å²) in [5.74, 6) is 0. The van der Waals surface area contributed by atoms with Gasteiger partial charge in [-0.25, -0.2) is 4.79 Å². The summed E-state index contributed by atoms with van der Waals surface area (Å²) in [4.78, 5) is 13.4. The third kappa shape index (κ3) is 4.39. The molecule has 4 nitrogen and oxygen atoms in total. The van der Waals surface area contributed by atoms with Gasteiger partial charge in [-0.05, 0) is 39.7 Å². The van der Waals surface area contributed by atoms with E-state index in [9.17, 15) is 4.79 Å². The maximum absolute atomic E-state index is 11.8. The Morgan fingerprint density at radius 1 is 1.31 bits per heavy atom. The molecule has 0 saturated heterocycles. The van der Waals surface area contributed by atoms with Crippen molar-refractivity contribution in [3.63, 3.8) is 0 Å². The van der Waals surface area contributed by atoms with Crippen LogP contribution in [0.3, 0.4) is 0 Å². The van der Waals surface area contributed by atoms with Gasteiger partial charge in [0.2, 0.25) is 0 Å². The predicted molar refractivity (Wildman–Crippen MR) is 66.3 cm³/mol. The molecule has 1 amide bonds. The van der Waals surface area contributed by atoms with Crippen LogP contribution in [0.4, 0.5) is 4.79 Å². The predicted octanol–water partition coefficient (Wildman–Crippen LogP) is 2.23. The van der Waals surface area contributed by atoms with Gasteiger partial charge in [-0.2, -0.15) is 0 Å². The Kier molecular flexibility index (Phi) is 4.80. The van der Waals surface area contributed by atoms with Crippen molar-refractivity contribution in [3.8, 4) is 0 Å². The van der Waals surface area contributed by atoms with Crippen LogP contribution in [0.5, 0.6) is 0 Å². The lowest BCUT2D eigenvalue weighted by Gasteiger charge is -2.37. The second kappa shape index (κ2) is 5.04. The summed E-state index contributed by atoms with van der Waals surface area (Å²) < 4.78 is 5.31. The van der Waals surface area contributed by atoms with E-state index in [0.717, 1.165) is 0 Å². The molecule has 0 radical (unpaired) electrons. The maximum Gasteiger partial charge on any atom is 0.410 e. The van der Waals surface area contributed by atoms with Crippen molar-refractivity contribution in [2.24, 2.45) is 11.1 Å². The minimum atomic E-state index is -0.460. The van der Waals surface area contributed by atoms with Crippen molar-refractivity contribution in [2.45, 2.75) is 53.2 Å². The average molecular weight is 230 g/mol. The average Bonchev–Trinajstić information content (AvgIpc) is 2.12. The van der Waals surface area contributed by atoms with Crippen molar-refractivity contribution in [3.05, 3.63) is 0 Å². The molecule has 96 valence electrons. The molecule has 0 saturated carbocycles. The van der Waals surface area contributed by atoms with Crippen molar-refractivity contribution >= 4 is 6.09 Å². The first-order chi connectivity index (χ1) is 7.01. The standard InChI is InChI=1S/C12H26N2O2/c1-9(12(5,6)8-13)14(7)10(15)16-11(2,3)4/h9H,8,13H2,1-7H3. The Morgan fingerprint density at radius 3 is 2.06 bits per heavy atom. The van der Waals surface area contributed by atoms with Crippen LogP contribution in [-0.4, -0.2) is 36.2 Å². The van der Waals surface area contributed by atoms with E-state index in [1.807, 2.05) is 41.5 Å². The van der Waals surface area contributed by atoms with Crippen molar-refractivity contribution < 1.29 is 9.53 Å². The molecule has 1 unspecified atom stereocenters. The summed E-state index contributed by atoms with van der Waals surface area (Å²) in [6, 6.07) is 0.0346. The molecule has 0 rings (SSSR count). The lowest BCUT2D eigenvalue weighted by molar-refractivity contribution is 0.0119.